The molecule has 1 aromatic heterocycles. The molecule has 0 aliphatic heterocycles. The topological polar surface area (TPSA) is 96.5 Å². The quantitative estimate of drug-likeness (QED) is 0.375. The number of rotatable bonds is 10. The summed E-state index contributed by atoms with van der Waals surface area (Å²) in [6, 6.07) is 8.44. The summed E-state index contributed by atoms with van der Waals surface area (Å²) in [5, 5.41) is 5.48. The van der Waals surface area contributed by atoms with Crippen LogP contribution in [0.5, 0.6) is 5.75 Å². The zero-order valence-electron chi connectivity index (χ0n) is 15.5. The summed E-state index contributed by atoms with van der Waals surface area (Å²) in [6.07, 6.45) is 1.29. The molecule has 0 spiro atoms. The Hall–Kier alpha value is -2.29. The molecule has 2 aromatic rings. The van der Waals surface area contributed by atoms with Gasteiger partial charge in [-0.1, -0.05) is 29.3 Å². The number of benzene rings is 1. The van der Waals surface area contributed by atoms with E-state index in [0.717, 1.165) is 0 Å². The molecule has 2 rings (SSSR count). The van der Waals surface area contributed by atoms with Crippen LogP contribution in [0, 0.1) is 0 Å². The van der Waals surface area contributed by atoms with Crippen molar-refractivity contribution in [3.8, 4) is 5.75 Å². The highest BCUT2D eigenvalue weighted by Gasteiger charge is 2.08. The van der Waals surface area contributed by atoms with Crippen molar-refractivity contribution < 1.29 is 19.1 Å². The molecule has 0 aliphatic rings. The van der Waals surface area contributed by atoms with Crippen molar-refractivity contribution in [1.29, 1.82) is 0 Å². The Labute approximate surface area is 182 Å². The first kappa shape index (κ1) is 23.0. The van der Waals surface area contributed by atoms with Crippen molar-refractivity contribution in [2.45, 2.75) is 25.7 Å². The van der Waals surface area contributed by atoms with Crippen LogP contribution in [0.15, 0.2) is 35.7 Å². The lowest BCUT2D eigenvalue weighted by molar-refractivity contribution is -0.129. The second-order valence-corrected chi connectivity index (χ2v) is 7.75. The van der Waals surface area contributed by atoms with E-state index in [1.54, 1.807) is 30.3 Å². The van der Waals surface area contributed by atoms with Crippen LogP contribution >= 0.6 is 34.5 Å². The van der Waals surface area contributed by atoms with Crippen molar-refractivity contribution in [3.05, 3.63) is 50.6 Å². The third-order valence-electron chi connectivity index (χ3n) is 3.65. The monoisotopic (exact) mass is 457 g/mol. The maximum atomic E-state index is 11.7. The van der Waals surface area contributed by atoms with Crippen molar-refractivity contribution in [1.82, 2.24) is 16.2 Å². The molecule has 0 radical (unpaired) electrons. The number of thiophene rings is 1. The van der Waals surface area contributed by atoms with Crippen LogP contribution in [0.4, 0.5) is 0 Å². The van der Waals surface area contributed by atoms with Gasteiger partial charge in [-0.15, -0.1) is 11.3 Å². The molecular weight excluding hydrogens is 437 g/mol. The number of ether oxygens (including phenoxy) is 1. The van der Waals surface area contributed by atoms with Gasteiger partial charge in [0.05, 0.1) is 16.5 Å². The van der Waals surface area contributed by atoms with Gasteiger partial charge < -0.3 is 10.1 Å². The van der Waals surface area contributed by atoms with Crippen LogP contribution < -0.4 is 20.9 Å². The predicted octanol–water partition coefficient (Wildman–Crippen LogP) is 3.57. The van der Waals surface area contributed by atoms with Gasteiger partial charge in [0.1, 0.15) is 5.75 Å². The zero-order chi connectivity index (χ0) is 21.1. The van der Waals surface area contributed by atoms with E-state index < -0.39 is 0 Å². The van der Waals surface area contributed by atoms with E-state index in [4.69, 9.17) is 27.9 Å². The smallest absolute Gasteiger partial charge is 0.261 e. The molecule has 0 bridgehead atoms. The lowest BCUT2D eigenvalue weighted by Crippen LogP contribution is -2.41. The molecule has 3 N–H and O–H groups in total. The summed E-state index contributed by atoms with van der Waals surface area (Å²) in [6.45, 7) is 0.676. The van der Waals surface area contributed by atoms with Crippen molar-refractivity contribution in [3.63, 3.8) is 0 Å². The fraction of sp³-hybridized carbons (Fsp3) is 0.316. The molecule has 10 heteroatoms. The third-order valence-corrected chi connectivity index (χ3v) is 5.05. The van der Waals surface area contributed by atoms with Gasteiger partial charge in [-0.2, -0.15) is 0 Å². The minimum absolute atomic E-state index is 0.157. The number of amides is 3. The standard InChI is InChI=1S/C19H21Cl2N3O4S/c20-13-7-8-15(14(21)12-13)28-10-2-6-18(26)24-23-17(25)5-1-9-22-19(27)16-4-3-11-29-16/h3-4,7-8,11-12H,1-2,5-6,9-10H2,(H,22,27)(H,23,25)(H,24,26). The molecule has 0 fully saturated rings. The molecule has 0 saturated carbocycles. The van der Waals surface area contributed by atoms with Gasteiger partial charge in [0.2, 0.25) is 11.8 Å². The van der Waals surface area contributed by atoms with E-state index in [1.165, 1.54) is 11.3 Å². The second-order valence-electron chi connectivity index (χ2n) is 5.96. The molecule has 0 atom stereocenters. The van der Waals surface area contributed by atoms with Crippen molar-refractivity contribution in [2.24, 2.45) is 0 Å². The first-order chi connectivity index (χ1) is 14.0. The molecule has 1 aromatic carbocycles. The second kappa shape index (κ2) is 12.3. The highest BCUT2D eigenvalue weighted by atomic mass is 35.5. The Balaban J connectivity index is 1.51. The average Bonchev–Trinajstić information content (AvgIpc) is 3.23. The van der Waals surface area contributed by atoms with Gasteiger partial charge in [0.25, 0.3) is 5.91 Å². The van der Waals surface area contributed by atoms with Crippen LogP contribution in [0.3, 0.4) is 0 Å². The van der Waals surface area contributed by atoms with Crippen LogP contribution in [0.25, 0.3) is 0 Å². The lowest BCUT2D eigenvalue weighted by Gasteiger charge is -2.09. The Morgan fingerprint density at radius 2 is 1.72 bits per heavy atom. The molecule has 1 heterocycles. The van der Waals surface area contributed by atoms with E-state index >= 15 is 0 Å². The highest BCUT2D eigenvalue weighted by molar-refractivity contribution is 7.12. The Kier molecular flexibility index (Phi) is 9.76. The van der Waals surface area contributed by atoms with Gasteiger partial charge in [-0.25, -0.2) is 0 Å². The molecule has 29 heavy (non-hydrogen) atoms. The minimum atomic E-state index is -0.326. The molecule has 7 nitrogen and oxygen atoms in total. The fourth-order valence-electron chi connectivity index (χ4n) is 2.22. The van der Waals surface area contributed by atoms with Gasteiger partial charge in [0.15, 0.2) is 0 Å². The van der Waals surface area contributed by atoms with E-state index in [2.05, 4.69) is 16.2 Å². The fourth-order valence-corrected chi connectivity index (χ4v) is 3.32. The number of hydrazine groups is 1. The molecule has 0 aliphatic carbocycles. The first-order valence-corrected chi connectivity index (χ1v) is 10.6. The lowest BCUT2D eigenvalue weighted by atomic mass is 10.3. The summed E-state index contributed by atoms with van der Waals surface area (Å²) < 4.78 is 5.49. The van der Waals surface area contributed by atoms with Gasteiger partial charge in [-0.05, 0) is 42.5 Å². The molecule has 3 amide bonds. The van der Waals surface area contributed by atoms with Crippen LogP contribution in [0.2, 0.25) is 10.0 Å². The zero-order valence-corrected chi connectivity index (χ0v) is 17.8. The van der Waals surface area contributed by atoms with E-state index in [-0.39, 0.29) is 30.6 Å². The van der Waals surface area contributed by atoms with Crippen LogP contribution in [0.1, 0.15) is 35.4 Å². The third kappa shape index (κ3) is 8.72. The summed E-state index contributed by atoms with van der Waals surface area (Å²) in [5.74, 6) is -0.310. The summed E-state index contributed by atoms with van der Waals surface area (Å²) in [7, 11) is 0. The molecular formula is C19H21Cl2N3O4S. The van der Waals surface area contributed by atoms with Crippen LogP contribution in [-0.2, 0) is 9.59 Å². The summed E-state index contributed by atoms with van der Waals surface area (Å²) in [5.41, 5.74) is 4.70. The highest BCUT2D eigenvalue weighted by Crippen LogP contribution is 2.27. The summed E-state index contributed by atoms with van der Waals surface area (Å²) >= 11 is 13.2. The van der Waals surface area contributed by atoms with Crippen molar-refractivity contribution >= 4 is 52.3 Å². The minimum Gasteiger partial charge on any atom is -0.492 e. The average molecular weight is 458 g/mol. The molecule has 156 valence electrons. The van der Waals surface area contributed by atoms with E-state index in [0.29, 0.717) is 46.7 Å². The number of hydrogen-bond donors (Lipinski definition) is 3. The number of hydrogen-bond acceptors (Lipinski definition) is 5. The Bertz CT molecular complexity index is 831. The maximum Gasteiger partial charge on any atom is 0.261 e. The first-order valence-electron chi connectivity index (χ1n) is 8.93. The molecule has 0 saturated heterocycles. The van der Waals surface area contributed by atoms with Gasteiger partial charge in [0, 0.05) is 24.4 Å². The summed E-state index contributed by atoms with van der Waals surface area (Å²) in [4.78, 5) is 35.8. The number of carbonyl (C=O) groups excluding carboxylic acids is 3. The van der Waals surface area contributed by atoms with E-state index in [9.17, 15) is 14.4 Å². The largest absolute Gasteiger partial charge is 0.492 e. The number of halogens is 2. The molecule has 0 unspecified atom stereocenters. The van der Waals surface area contributed by atoms with E-state index in [1.807, 2.05) is 5.38 Å². The van der Waals surface area contributed by atoms with Gasteiger partial charge in [-0.3, -0.25) is 25.2 Å². The van der Waals surface area contributed by atoms with Crippen molar-refractivity contribution in [2.75, 3.05) is 13.2 Å². The predicted molar refractivity (Wildman–Crippen MR) is 113 cm³/mol. The maximum absolute atomic E-state index is 11.7. The SMILES string of the molecule is O=C(CCCNC(=O)c1cccs1)NNC(=O)CCCOc1ccc(Cl)cc1Cl. The van der Waals surface area contributed by atoms with Crippen LogP contribution in [-0.4, -0.2) is 30.9 Å². The number of carbonyl (C=O) groups is 3. The van der Waals surface area contributed by atoms with Gasteiger partial charge >= 0.3 is 0 Å². The Morgan fingerprint density at radius 1 is 1.00 bits per heavy atom. The Morgan fingerprint density at radius 3 is 2.38 bits per heavy atom. The normalized spacial score (nSPS) is 10.3. The number of nitrogens with one attached hydrogen (secondary N) is 3.